The predicted molar refractivity (Wildman–Crippen MR) is 78.7 cm³/mol. The van der Waals surface area contributed by atoms with E-state index in [-0.39, 0.29) is 16.3 Å². The zero-order chi connectivity index (χ0) is 14.7. The molecule has 0 aliphatic rings. The van der Waals surface area contributed by atoms with Crippen molar-refractivity contribution in [2.24, 2.45) is 0 Å². The second kappa shape index (κ2) is 5.97. The number of hydrogen-bond acceptors (Lipinski definition) is 2. The van der Waals surface area contributed by atoms with Gasteiger partial charge in [-0.25, -0.2) is 4.79 Å². The van der Waals surface area contributed by atoms with E-state index in [1.807, 2.05) is 26.0 Å². The van der Waals surface area contributed by atoms with E-state index in [1.165, 1.54) is 6.07 Å². The summed E-state index contributed by atoms with van der Waals surface area (Å²) in [7, 11) is 0. The molecule has 0 saturated heterocycles. The fourth-order valence-electron chi connectivity index (χ4n) is 2.15. The minimum Gasteiger partial charge on any atom is -0.488 e. The average molecular weight is 291 g/mol. The largest absolute Gasteiger partial charge is 0.488 e. The fraction of sp³-hybridized carbons (Fsp3) is 0.188. The molecule has 3 nitrogen and oxygen atoms in total. The Morgan fingerprint density at radius 2 is 1.85 bits per heavy atom. The van der Waals surface area contributed by atoms with Crippen LogP contribution in [-0.2, 0) is 6.61 Å². The van der Waals surface area contributed by atoms with E-state index in [4.69, 9.17) is 21.4 Å². The fourth-order valence-corrected chi connectivity index (χ4v) is 2.39. The van der Waals surface area contributed by atoms with Crippen molar-refractivity contribution in [3.8, 4) is 5.75 Å². The first-order valence-electron chi connectivity index (χ1n) is 6.19. The van der Waals surface area contributed by atoms with Crippen LogP contribution in [0.1, 0.15) is 27.0 Å². The van der Waals surface area contributed by atoms with Crippen LogP contribution in [0.2, 0.25) is 5.02 Å². The van der Waals surface area contributed by atoms with E-state index < -0.39 is 5.97 Å². The molecular weight excluding hydrogens is 276 g/mol. The summed E-state index contributed by atoms with van der Waals surface area (Å²) in [5.41, 5.74) is 3.29. The lowest BCUT2D eigenvalue weighted by Gasteiger charge is -2.11. The Morgan fingerprint density at radius 1 is 1.20 bits per heavy atom. The Kier molecular flexibility index (Phi) is 4.30. The molecule has 104 valence electrons. The summed E-state index contributed by atoms with van der Waals surface area (Å²) in [4.78, 5) is 11.2. The van der Waals surface area contributed by atoms with E-state index in [1.54, 1.807) is 12.1 Å². The van der Waals surface area contributed by atoms with Gasteiger partial charge in [-0.3, -0.25) is 0 Å². The zero-order valence-corrected chi connectivity index (χ0v) is 12.1. The van der Waals surface area contributed by atoms with Crippen LogP contribution in [0.15, 0.2) is 36.4 Å². The van der Waals surface area contributed by atoms with Gasteiger partial charge in [0.2, 0.25) is 0 Å². The van der Waals surface area contributed by atoms with Crippen molar-refractivity contribution >= 4 is 17.6 Å². The molecule has 0 spiro atoms. The number of aryl methyl sites for hydroxylation is 2. The van der Waals surface area contributed by atoms with Gasteiger partial charge in [-0.1, -0.05) is 47.0 Å². The molecule has 2 aromatic rings. The van der Waals surface area contributed by atoms with Gasteiger partial charge in [-0.15, -0.1) is 0 Å². The quantitative estimate of drug-likeness (QED) is 0.916. The molecular formula is C16H15ClO3. The third-order valence-electron chi connectivity index (χ3n) is 2.87. The highest BCUT2D eigenvalue weighted by molar-refractivity contribution is 6.33. The minimum atomic E-state index is -1.09. The van der Waals surface area contributed by atoms with Crippen molar-refractivity contribution in [1.29, 1.82) is 0 Å². The van der Waals surface area contributed by atoms with Crippen LogP contribution >= 0.6 is 11.6 Å². The summed E-state index contributed by atoms with van der Waals surface area (Å²) in [5.74, 6) is -0.810. The number of ether oxygens (including phenoxy) is 1. The normalized spacial score (nSPS) is 10.3. The lowest BCUT2D eigenvalue weighted by atomic mass is 10.1. The summed E-state index contributed by atoms with van der Waals surface area (Å²) in [6.07, 6.45) is 0. The Bertz CT molecular complexity index is 630. The molecule has 0 atom stereocenters. The summed E-state index contributed by atoms with van der Waals surface area (Å²) < 4.78 is 5.61. The Hall–Kier alpha value is -2.00. The average Bonchev–Trinajstić information content (AvgIpc) is 2.34. The maximum atomic E-state index is 11.2. The third-order valence-corrected chi connectivity index (χ3v) is 3.18. The number of halogens is 1. The van der Waals surface area contributed by atoms with E-state index >= 15 is 0 Å². The van der Waals surface area contributed by atoms with Crippen molar-refractivity contribution in [2.45, 2.75) is 20.5 Å². The highest BCUT2D eigenvalue weighted by Crippen LogP contribution is 2.27. The van der Waals surface area contributed by atoms with E-state index in [2.05, 4.69) is 6.07 Å². The molecule has 2 rings (SSSR count). The van der Waals surface area contributed by atoms with Crippen molar-refractivity contribution < 1.29 is 14.6 Å². The number of aromatic carboxylic acids is 1. The highest BCUT2D eigenvalue weighted by atomic mass is 35.5. The van der Waals surface area contributed by atoms with Gasteiger partial charge in [0.05, 0.1) is 5.02 Å². The number of carboxylic acid groups (broad SMARTS) is 1. The van der Waals surface area contributed by atoms with Gasteiger partial charge in [-0.05, 0) is 31.5 Å². The molecule has 4 heteroatoms. The minimum absolute atomic E-state index is 0.00135. The topological polar surface area (TPSA) is 46.5 Å². The Balaban J connectivity index is 2.23. The molecule has 0 saturated carbocycles. The standard InChI is InChI=1S/C16H15ClO3/c1-10-6-11(2)8-12(7-10)9-20-14-5-3-4-13(17)15(14)16(18)19/h3-8H,9H2,1-2H3,(H,18,19). The second-order valence-corrected chi connectivity index (χ2v) is 5.11. The van der Waals surface area contributed by atoms with Crippen LogP contribution in [0.25, 0.3) is 0 Å². The predicted octanol–water partition coefficient (Wildman–Crippen LogP) is 4.23. The smallest absolute Gasteiger partial charge is 0.341 e. The van der Waals surface area contributed by atoms with Gasteiger partial charge in [0, 0.05) is 0 Å². The van der Waals surface area contributed by atoms with Crippen LogP contribution in [-0.4, -0.2) is 11.1 Å². The summed E-state index contributed by atoms with van der Waals surface area (Å²) in [5, 5.41) is 9.34. The SMILES string of the molecule is Cc1cc(C)cc(COc2cccc(Cl)c2C(=O)O)c1. The molecule has 0 aliphatic carbocycles. The van der Waals surface area contributed by atoms with Crippen molar-refractivity contribution in [2.75, 3.05) is 0 Å². The second-order valence-electron chi connectivity index (χ2n) is 4.70. The van der Waals surface area contributed by atoms with Crippen LogP contribution in [0.5, 0.6) is 5.75 Å². The lowest BCUT2D eigenvalue weighted by Crippen LogP contribution is -2.04. The van der Waals surface area contributed by atoms with Gasteiger partial charge in [0.15, 0.2) is 0 Å². The summed E-state index contributed by atoms with van der Waals surface area (Å²) in [6.45, 7) is 4.33. The molecule has 0 amide bonds. The molecule has 1 N–H and O–H groups in total. The van der Waals surface area contributed by atoms with Gasteiger partial charge in [-0.2, -0.15) is 0 Å². The van der Waals surface area contributed by atoms with Crippen LogP contribution in [0.3, 0.4) is 0 Å². The first kappa shape index (κ1) is 14.4. The molecule has 0 fully saturated rings. The highest BCUT2D eigenvalue weighted by Gasteiger charge is 2.15. The molecule has 2 aromatic carbocycles. The van der Waals surface area contributed by atoms with Gasteiger partial charge >= 0.3 is 5.97 Å². The number of hydrogen-bond donors (Lipinski definition) is 1. The third kappa shape index (κ3) is 3.31. The van der Waals surface area contributed by atoms with E-state index in [0.717, 1.165) is 16.7 Å². The van der Waals surface area contributed by atoms with Crippen molar-refractivity contribution in [3.05, 3.63) is 63.7 Å². The number of benzene rings is 2. The first-order chi connectivity index (χ1) is 9.47. The van der Waals surface area contributed by atoms with Gasteiger partial charge < -0.3 is 9.84 Å². The van der Waals surface area contributed by atoms with Crippen LogP contribution in [0, 0.1) is 13.8 Å². The molecule has 0 aliphatic heterocycles. The maximum Gasteiger partial charge on any atom is 0.341 e. The number of carboxylic acids is 1. The number of rotatable bonds is 4. The molecule has 0 heterocycles. The number of carbonyl (C=O) groups is 1. The lowest BCUT2D eigenvalue weighted by molar-refractivity contribution is 0.0692. The molecule has 0 aromatic heterocycles. The van der Waals surface area contributed by atoms with Gasteiger partial charge in [0.1, 0.15) is 17.9 Å². The molecule has 0 unspecified atom stereocenters. The molecule has 0 radical (unpaired) electrons. The van der Waals surface area contributed by atoms with E-state index in [9.17, 15) is 4.79 Å². The van der Waals surface area contributed by atoms with Crippen molar-refractivity contribution in [3.63, 3.8) is 0 Å². The molecule has 20 heavy (non-hydrogen) atoms. The first-order valence-corrected chi connectivity index (χ1v) is 6.57. The Morgan fingerprint density at radius 3 is 2.45 bits per heavy atom. The monoisotopic (exact) mass is 290 g/mol. The maximum absolute atomic E-state index is 11.2. The van der Waals surface area contributed by atoms with Crippen LogP contribution < -0.4 is 4.74 Å². The molecule has 0 bridgehead atoms. The van der Waals surface area contributed by atoms with Crippen molar-refractivity contribution in [1.82, 2.24) is 0 Å². The van der Waals surface area contributed by atoms with Gasteiger partial charge in [0.25, 0.3) is 0 Å². The van der Waals surface area contributed by atoms with E-state index in [0.29, 0.717) is 6.61 Å². The van der Waals surface area contributed by atoms with Crippen LogP contribution in [0.4, 0.5) is 0 Å². The summed E-state index contributed by atoms with van der Waals surface area (Å²) in [6, 6.07) is 10.9. The zero-order valence-electron chi connectivity index (χ0n) is 11.3. The Labute approximate surface area is 122 Å². The summed E-state index contributed by atoms with van der Waals surface area (Å²) >= 11 is 5.90.